The predicted molar refractivity (Wildman–Crippen MR) is 64.7 cm³/mol. The van der Waals surface area contributed by atoms with Gasteiger partial charge in [-0.1, -0.05) is 20.8 Å². The molecule has 0 rings (SSSR count). The molecule has 0 bridgehead atoms. The summed E-state index contributed by atoms with van der Waals surface area (Å²) in [7, 11) is 1.61. The second-order valence-corrected chi connectivity index (χ2v) is 4.94. The fourth-order valence-electron chi connectivity index (χ4n) is 0.963. The second kappa shape index (κ2) is 6.74. The van der Waals surface area contributed by atoms with Gasteiger partial charge in [-0.3, -0.25) is 4.79 Å². The van der Waals surface area contributed by atoms with Gasteiger partial charge in [0, 0.05) is 20.1 Å². The molecule has 0 heterocycles. The van der Waals surface area contributed by atoms with E-state index >= 15 is 0 Å². The number of methoxy groups -OCH3 is 1. The van der Waals surface area contributed by atoms with Crippen LogP contribution in [0, 0.1) is 5.41 Å². The van der Waals surface area contributed by atoms with Crippen molar-refractivity contribution in [3.8, 4) is 0 Å². The minimum atomic E-state index is -0.0579. The summed E-state index contributed by atoms with van der Waals surface area (Å²) in [5.74, 6) is -0.0579. The van der Waals surface area contributed by atoms with Gasteiger partial charge in [0.1, 0.15) is 0 Å². The molecule has 0 aliphatic rings. The lowest BCUT2D eigenvalue weighted by Gasteiger charge is -2.17. The van der Waals surface area contributed by atoms with E-state index in [0.717, 1.165) is 0 Å². The third kappa shape index (κ3) is 9.62. The lowest BCUT2D eigenvalue weighted by atomic mass is 9.92. The number of hydrogen-bond donors (Lipinski definition) is 2. The lowest BCUT2D eigenvalue weighted by molar-refractivity contribution is -0.121. The maximum atomic E-state index is 11.4. The zero-order chi connectivity index (χ0) is 11.9. The third-order valence-electron chi connectivity index (χ3n) is 1.54. The summed E-state index contributed by atoms with van der Waals surface area (Å²) < 4.78 is 4.84. The average Bonchev–Trinajstić information content (AvgIpc) is 2.00. The van der Waals surface area contributed by atoms with Gasteiger partial charge in [0.25, 0.3) is 0 Å². The first-order valence-corrected chi connectivity index (χ1v) is 5.32. The number of carbonyl (C=O) groups is 1. The Kier molecular flexibility index (Phi) is 6.43. The number of nitrogens with one attached hydrogen (secondary N) is 2. The first-order valence-electron chi connectivity index (χ1n) is 4.92. The van der Waals surface area contributed by atoms with Gasteiger partial charge >= 0.3 is 0 Å². The Morgan fingerprint density at radius 1 is 1.40 bits per heavy atom. The largest absolute Gasteiger partial charge is 0.383 e. The topological polar surface area (TPSA) is 50.4 Å². The van der Waals surface area contributed by atoms with E-state index in [9.17, 15) is 4.79 Å². The van der Waals surface area contributed by atoms with Crippen LogP contribution in [0.1, 0.15) is 27.2 Å². The van der Waals surface area contributed by atoms with E-state index < -0.39 is 0 Å². The van der Waals surface area contributed by atoms with Crippen LogP contribution in [0.25, 0.3) is 0 Å². The van der Waals surface area contributed by atoms with E-state index in [1.165, 1.54) is 0 Å². The van der Waals surface area contributed by atoms with Crippen molar-refractivity contribution in [1.29, 1.82) is 0 Å². The molecule has 2 N–H and O–H groups in total. The molecular weight excluding hydrogens is 212 g/mol. The number of rotatable bonds is 4. The average molecular weight is 232 g/mol. The fourth-order valence-corrected chi connectivity index (χ4v) is 1.18. The Balaban J connectivity index is 3.72. The quantitative estimate of drug-likeness (QED) is 0.562. The number of hydrogen-bond acceptors (Lipinski definition) is 3. The molecule has 4 nitrogen and oxygen atoms in total. The molecule has 0 aliphatic carbocycles. The number of amides is 1. The van der Waals surface area contributed by atoms with E-state index in [-0.39, 0.29) is 11.3 Å². The molecule has 0 aromatic rings. The van der Waals surface area contributed by atoms with Crippen molar-refractivity contribution in [2.45, 2.75) is 27.2 Å². The van der Waals surface area contributed by atoms with Crippen LogP contribution >= 0.6 is 12.2 Å². The van der Waals surface area contributed by atoms with Gasteiger partial charge in [-0.2, -0.15) is 0 Å². The molecule has 0 fully saturated rings. The van der Waals surface area contributed by atoms with Gasteiger partial charge in [0.15, 0.2) is 5.11 Å². The molecule has 88 valence electrons. The maximum absolute atomic E-state index is 11.4. The van der Waals surface area contributed by atoms with Gasteiger partial charge in [-0.15, -0.1) is 0 Å². The van der Waals surface area contributed by atoms with E-state index in [2.05, 4.69) is 10.6 Å². The normalized spacial score (nSPS) is 10.9. The number of thiocarbonyl (C=S) groups is 1. The summed E-state index contributed by atoms with van der Waals surface area (Å²) in [6.45, 7) is 7.19. The maximum Gasteiger partial charge on any atom is 0.226 e. The second-order valence-electron chi connectivity index (χ2n) is 4.53. The summed E-state index contributed by atoms with van der Waals surface area (Å²) in [5, 5.41) is 5.86. The van der Waals surface area contributed by atoms with Crippen molar-refractivity contribution in [3.05, 3.63) is 0 Å². The monoisotopic (exact) mass is 232 g/mol. The first-order chi connectivity index (χ1) is 6.85. The Labute approximate surface area is 96.8 Å². The highest BCUT2D eigenvalue weighted by atomic mass is 32.1. The van der Waals surface area contributed by atoms with E-state index in [1.807, 2.05) is 20.8 Å². The van der Waals surface area contributed by atoms with Gasteiger partial charge in [-0.25, -0.2) is 0 Å². The van der Waals surface area contributed by atoms with Crippen molar-refractivity contribution >= 4 is 23.2 Å². The highest BCUT2D eigenvalue weighted by molar-refractivity contribution is 7.80. The van der Waals surface area contributed by atoms with Crippen LogP contribution in [0.4, 0.5) is 0 Å². The van der Waals surface area contributed by atoms with Crippen LogP contribution in [0.2, 0.25) is 0 Å². The minimum Gasteiger partial charge on any atom is -0.383 e. The molecule has 0 spiro atoms. The Morgan fingerprint density at radius 2 is 2.00 bits per heavy atom. The summed E-state index contributed by atoms with van der Waals surface area (Å²) in [6.07, 6.45) is 0.457. The molecule has 0 radical (unpaired) electrons. The van der Waals surface area contributed by atoms with Crippen molar-refractivity contribution in [2.24, 2.45) is 5.41 Å². The first kappa shape index (κ1) is 14.3. The van der Waals surface area contributed by atoms with E-state index in [1.54, 1.807) is 7.11 Å². The molecule has 1 amide bonds. The van der Waals surface area contributed by atoms with Crippen LogP contribution in [0.5, 0.6) is 0 Å². The Hall–Kier alpha value is -0.680. The van der Waals surface area contributed by atoms with Crippen LogP contribution in [0.3, 0.4) is 0 Å². The van der Waals surface area contributed by atoms with Crippen LogP contribution in [0.15, 0.2) is 0 Å². The number of carbonyl (C=O) groups excluding carboxylic acids is 1. The van der Waals surface area contributed by atoms with E-state index in [4.69, 9.17) is 17.0 Å². The standard InChI is InChI=1S/C10H20N2O2S/c1-10(2,3)7-8(13)12-9(15)11-5-6-14-4/h5-7H2,1-4H3,(H2,11,12,13,15). The molecule has 15 heavy (non-hydrogen) atoms. The van der Waals surface area contributed by atoms with Crippen LogP contribution in [-0.2, 0) is 9.53 Å². The Morgan fingerprint density at radius 3 is 2.47 bits per heavy atom. The van der Waals surface area contributed by atoms with Gasteiger partial charge in [0.2, 0.25) is 5.91 Å². The molecule has 0 saturated heterocycles. The highest BCUT2D eigenvalue weighted by Gasteiger charge is 2.16. The zero-order valence-corrected chi connectivity index (χ0v) is 10.7. The summed E-state index contributed by atoms with van der Waals surface area (Å²) >= 11 is 4.93. The summed E-state index contributed by atoms with van der Waals surface area (Å²) in [6, 6.07) is 0. The third-order valence-corrected chi connectivity index (χ3v) is 1.78. The summed E-state index contributed by atoms with van der Waals surface area (Å²) in [4.78, 5) is 11.4. The smallest absolute Gasteiger partial charge is 0.226 e. The van der Waals surface area contributed by atoms with Crippen LogP contribution < -0.4 is 10.6 Å². The van der Waals surface area contributed by atoms with Crippen molar-refractivity contribution in [1.82, 2.24) is 10.6 Å². The molecule has 0 unspecified atom stereocenters. The predicted octanol–water partition coefficient (Wildman–Crippen LogP) is 1.06. The Bertz CT molecular complexity index is 224. The highest BCUT2D eigenvalue weighted by Crippen LogP contribution is 2.17. The fraction of sp³-hybridized carbons (Fsp3) is 0.800. The molecular formula is C10H20N2O2S. The summed E-state index contributed by atoms with van der Waals surface area (Å²) in [5.41, 5.74) is -0.0216. The molecule has 0 saturated carbocycles. The minimum absolute atomic E-state index is 0.0216. The van der Waals surface area contributed by atoms with E-state index in [0.29, 0.717) is 24.7 Å². The molecule has 0 aromatic heterocycles. The van der Waals surface area contributed by atoms with Gasteiger partial charge in [-0.05, 0) is 17.6 Å². The SMILES string of the molecule is COCCNC(=S)NC(=O)CC(C)(C)C. The van der Waals surface area contributed by atoms with Crippen LogP contribution in [-0.4, -0.2) is 31.3 Å². The molecule has 0 aliphatic heterocycles. The van der Waals surface area contributed by atoms with Crippen molar-refractivity contribution < 1.29 is 9.53 Å². The molecule has 0 aromatic carbocycles. The van der Waals surface area contributed by atoms with Crippen molar-refractivity contribution in [2.75, 3.05) is 20.3 Å². The lowest BCUT2D eigenvalue weighted by Crippen LogP contribution is -2.41. The van der Waals surface area contributed by atoms with Crippen molar-refractivity contribution in [3.63, 3.8) is 0 Å². The van der Waals surface area contributed by atoms with Gasteiger partial charge in [0.05, 0.1) is 6.61 Å². The molecule has 5 heteroatoms. The van der Waals surface area contributed by atoms with Gasteiger partial charge < -0.3 is 15.4 Å². The zero-order valence-electron chi connectivity index (χ0n) is 9.85. The molecule has 0 atom stereocenters. The number of ether oxygens (including phenoxy) is 1.